The highest BCUT2D eigenvalue weighted by atomic mass is 35.5. The van der Waals surface area contributed by atoms with Crippen LogP contribution in [0.5, 0.6) is 5.75 Å². The van der Waals surface area contributed by atoms with Crippen LogP contribution in [0.3, 0.4) is 0 Å². The van der Waals surface area contributed by atoms with Crippen molar-refractivity contribution < 1.29 is 35.9 Å². The molecule has 0 unspecified atom stereocenters. The predicted octanol–water partition coefficient (Wildman–Crippen LogP) is 6.83. The highest BCUT2D eigenvalue weighted by Crippen LogP contribution is 2.47. The van der Waals surface area contributed by atoms with Gasteiger partial charge in [0.05, 0.1) is 30.1 Å². The van der Waals surface area contributed by atoms with E-state index in [1.807, 2.05) is 22.9 Å². The van der Waals surface area contributed by atoms with Crippen molar-refractivity contribution in [3.05, 3.63) is 70.3 Å². The number of carbonyl (C=O) groups is 1. The first-order chi connectivity index (χ1) is 21.8. The van der Waals surface area contributed by atoms with E-state index in [1.54, 1.807) is 25.3 Å². The van der Waals surface area contributed by atoms with Crippen molar-refractivity contribution in [1.82, 2.24) is 4.72 Å². The van der Waals surface area contributed by atoms with Crippen molar-refractivity contribution in [2.24, 2.45) is 17.8 Å². The molecule has 2 aromatic carbocycles. The summed E-state index contributed by atoms with van der Waals surface area (Å²) in [5.74, 6) is -0.881. The first-order valence-corrected chi connectivity index (χ1v) is 17.8. The summed E-state index contributed by atoms with van der Waals surface area (Å²) in [6, 6.07) is 10.8. The zero-order chi connectivity index (χ0) is 32.9. The Morgan fingerprint density at radius 1 is 1.17 bits per heavy atom. The maximum Gasteiger partial charge on any atom is 0.390 e. The summed E-state index contributed by atoms with van der Waals surface area (Å²) in [6.07, 6.45) is 1.78. The van der Waals surface area contributed by atoms with E-state index in [9.17, 15) is 26.4 Å². The zero-order valence-electron chi connectivity index (χ0n) is 26.0. The minimum Gasteiger partial charge on any atom is -0.490 e. The van der Waals surface area contributed by atoms with Crippen LogP contribution in [0.15, 0.2) is 48.6 Å². The Morgan fingerprint density at radius 2 is 1.98 bits per heavy atom. The van der Waals surface area contributed by atoms with E-state index in [1.165, 1.54) is 24.1 Å². The van der Waals surface area contributed by atoms with Crippen LogP contribution >= 0.6 is 11.6 Å². The number of rotatable bonds is 2. The molecule has 0 aromatic heterocycles. The minimum absolute atomic E-state index is 0.0352. The largest absolute Gasteiger partial charge is 0.490 e. The molecule has 4 aliphatic rings. The van der Waals surface area contributed by atoms with Gasteiger partial charge in [0.15, 0.2) is 0 Å². The maximum absolute atomic E-state index is 13.6. The smallest absolute Gasteiger partial charge is 0.390 e. The summed E-state index contributed by atoms with van der Waals surface area (Å²) in [7, 11) is -3.08. The Labute approximate surface area is 273 Å². The number of amides is 1. The number of methoxy groups -OCH3 is 1. The van der Waals surface area contributed by atoms with E-state index in [0.717, 1.165) is 32.1 Å². The molecule has 2 heterocycles. The monoisotopic (exact) mass is 680 g/mol. The Kier molecular flexibility index (Phi) is 9.15. The third-order valence-electron chi connectivity index (χ3n) is 10.5. The lowest BCUT2D eigenvalue weighted by Gasteiger charge is -2.46. The van der Waals surface area contributed by atoms with Crippen molar-refractivity contribution in [1.29, 1.82) is 0 Å². The van der Waals surface area contributed by atoms with Crippen molar-refractivity contribution in [2.75, 3.05) is 31.7 Å². The molecule has 2 aliphatic heterocycles. The lowest BCUT2D eigenvalue weighted by Crippen LogP contribution is -2.49. The number of sulfonamides is 1. The van der Waals surface area contributed by atoms with Crippen LogP contribution in [0.25, 0.3) is 0 Å². The Balaban J connectivity index is 1.43. The fourth-order valence-corrected chi connectivity index (χ4v) is 9.73. The van der Waals surface area contributed by atoms with Gasteiger partial charge in [0.2, 0.25) is 10.0 Å². The molecule has 2 aromatic rings. The summed E-state index contributed by atoms with van der Waals surface area (Å²) in [6.45, 7) is 3.17. The summed E-state index contributed by atoms with van der Waals surface area (Å²) in [5, 5.41) is -1.17. The molecule has 1 N–H and O–H groups in total. The predicted molar refractivity (Wildman–Crippen MR) is 171 cm³/mol. The molecule has 250 valence electrons. The third kappa shape index (κ3) is 6.65. The maximum atomic E-state index is 13.6. The summed E-state index contributed by atoms with van der Waals surface area (Å²) < 4.78 is 82.0. The van der Waals surface area contributed by atoms with Gasteiger partial charge in [-0.3, -0.25) is 4.79 Å². The van der Waals surface area contributed by atoms with Crippen molar-refractivity contribution >= 4 is 33.2 Å². The number of carbonyl (C=O) groups excluding carboxylic acids is 1. The van der Waals surface area contributed by atoms with Crippen LogP contribution in [-0.2, 0) is 26.6 Å². The van der Waals surface area contributed by atoms with Gasteiger partial charge in [-0.25, -0.2) is 13.1 Å². The van der Waals surface area contributed by atoms with Crippen LogP contribution in [0.4, 0.5) is 18.9 Å². The number of allylic oxidation sites excluding steroid dienone is 1. The van der Waals surface area contributed by atoms with Gasteiger partial charge < -0.3 is 14.4 Å². The van der Waals surface area contributed by atoms with Crippen LogP contribution < -0.4 is 14.4 Å². The number of aryl methyl sites for hydroxylation is 1. The molecule has 6 rings (SSSR count). The van der Waals surface area contributed by atoms with Gasteiger partial charge in [-0.05, 0) is 97.7 Å². The lowest BCUT2D eigenvalue weighted by molar-refractivity contribution is -0.136. The number of hydrogen-bond donors (Lipinski definition) is 1. The van der Waals surface area contributed by atoms with Crippen molar-refractivity contribution in [2.45, 2.75) is 74.8 Å². The van der Waals surface area contributed by atoms with E-state index in [4.69, 9.17) is 21.1 Å². The summed E-state index contributed by atoms with van der Waals surface area (Å²) in [4.78, 5) is 15.7. The molecule has 7 nitrogen and oxygen atoms in total. The van der Waals surface area contributed by atoms with Crippen molar-refractivity contribution in [3.8, 4) is 5.75 Å². The average Bonchev–Trinajstić information content (AvgIpc) is 3.13. The lowest BCUT2D eigenvalue weighted by atomic mass is 9.68. The number of halogens is 4. The molecule has 2 bridgehead atoms. The Bertz CT molecular complexity index is 1620. The third-order valence-corrected chi connectivity index (χ3v) is 12.6. The highest BCUT2D eigenvalue weighted by molar-refractivity contribution is 7.90. The molecular weight excluding hydrogens is 641 g/mol. The molecule has 1 amide bonds. The van der Waals surface area contributed by atoms with Gasteiger partial charge in [-0.15, -0.1) is 0 Å². The molecule has 2 aliphatic carbocycles. The van der Waals surface area contributed by atoms with Gasteiger partial charge in [-0.2, -0.15) is 13.2 Å². The fraction of sp³-hybridized carbons (Fsp3) is 0.559. The second kappa shape index (κ2) is 12.7. The number of nitrogens with one attached hydrogen (secondary N) is 1. The highest BCUT2D eigenvalue weighted by Gasteiger charge is 2.45. The van der Waals surface area contributed by atoms with Crippen LogP contribution in [0, 0.1) is 17.8 Å². The topological polar surface area (TPSA) is 84.9 Å². The quantitative estimate of drug-likeness (QED) is 0.350. The average molecular weight is 681 g/mol. The van der Waals surface area contributed by atoms with Gasteiger partial charge in [-0.1, -0.05) is 36.7 Å². The van der Waals surface area contributed by atoms with E-state index >= 15 is 0 Å². The fourth-order valence-electron chi connectivity index (χ4n) is 7.88. The first-order valence-electron chi connectivity index (χ1n) is 15.9. The zero-order valence-corrected chi connectivity index (χ0v) is 27.6. The molecule has 46 heavy (non-hydrogen) atoms. The van der Waals surface area contributed by atoms with E-state index in [0.29, 0.717) is 36.2 Å². The molecule has 1 fully saturated rings. The molecular formula is C34H40ClF3N2O5S. The number of fused-ring (bicyclic) bond motifs is 4. The van der Waals surface area contributed by atoms with Gasteiger partial charge in [0.25, 0.3) is 5.91 Å². The molecule has 6 atom stereocenters. The Hall–Kier alpha value is -2.76. The SMILES string of the molecule is CO[C@@H]1/C=C\C[C@H](C)[C@@H](CC(F)(F)F)S(=O)(=O)NC(=O)c2ccc3c(c2)N(C[C@@H]2CC[C@H]21)C[C@@]1(CCCc2cc(Cl)ccc21)CO3. The van der Waals surface area contributed by atoms with Crippen molar-refractivity contribution in [3.63, 3.8) is 0 Å². The second-order valence-electron chi connectivity index (χ2n) is 13.5. The van der Waals surface area contributed by atoms with Crippen LogP contribution in [0.2, 0.25) is 5.02 Å². The molecule has 1 saturated carbocycles. The Morgan fingerprint density at radius 3 is 2.70 bits per heavy atom. The first kappa shape index (κ1) is 33.2. The number of hydrogen-bond acceptors (Lipinski definition) is 6. The molecule has 0 radical (unpaired) electrons. The molecule has 1 spiro atoms. The number of benzene rings is 2. The van der Waals surface area contributed by atoms with Gasteiger partial charge >= 0.3 is 6.18 Å². The summed E-state index contributed by atoms with van der Waals surface area (Å²) in [5.41, 5.74) is 2.74. The standard InChI is InChI=1S/C34H40ClF3N2O5S/c1-21-5-3-7-29(44-2)26-11-8-24(26)18-40-19-33(14-4-6-22-15-25(35)10-12-27(22)33)20-45-30-13-9-23(16-28(30)40)32(41)39-46(42,43)31(21)17-34(36,37)38/h3,7,9-10,12-13,15-16,21,24,26,29,31H,4-6,8,11,14,17-20H2,1-2H3,(H,39,41)/b7-3-/t21-,24-,26+,29+,31+,33-/m0/s1. The number of nitrogens with zero attached hydrogens (tertiary/aromatic N) is 1. The number of ether oxygens (including phenoxy) is 2. The minimum atomic E-state index is -4.74. The van der Waals surface area contributed by atoms with Gasteiger partial charge in [0.1, 0.15) is 5.75 Å². The van der Waals surface area contributed by atoms with E-state index in [2.05, 4.69) is 11.0 Å². The number of anilines is 1. The van der Waals surface area contributed by atoms with Crippen LogP contribution in [0.1, 0.15) is 66.9 Å². The van der Waals surface area contributed by atoms with E-state index < -0.39 is 39.7 Å². The summed E-state index contributed by atoms with van der Waals surface area (Å²) >= 11 is 6.38. The van der Waals surface area contributed by atoms with Gasteiger partial charge in [0, 0.05) is 36.2 Å². The molecule has 0 saturated heterocycles. The van der Waals surface area contributed by atoms with E-state index in [-0.39, 0.29) is 35.3 Å². The number of alkyl halides is 3. The second-order valence-corrected chi connectivity index (χ2v) is 15.8. The molecule has 12 heteroatoms. The normalized spacial score (nSPS) is 31.8. The van der Waals surface area contributed by atoms with Crippen LogP contribution in [-0.4, -0.2) is 58.7 Å².